The minimum Gasteiger partial charge on any atom is -0.368 e. The number of anilines is 1. The van der Waals surface area contributed by atoms with Gasteiger partial charge in [0.05, 0.1) is 6.42 Å². The van der Waals surface area contributed by atoms with Crippen LogP contribution in [0.3, 0.4) is 0 Å². The molecule has 0 atom stereocenters. The molecule has 1 aromatic carbocycles. The van der Waals surface area contributed by atoms with Gasteiger partial charge in [-0.05, 0) is 25.5 Å². The molecule has 0 radical (unpaired) electrons. The van der Waals surface area contributed by atoms with E-state index in [9.17, 15) is 4.79 Å². The summed E-state index contributed by atoms with van der Waals surface area (Å²) in [6.45, 7) is 4.78. The van der Waals surface area contributed by atoms with Crippen molar-refractivity contribution < 1.29 is 4.79 Å². The molecule has 0 aliphatic rings. The maximum absolute atomic E-state index is 12.0. The van der Waals surface area contributed by atoms with E-state index in [4.69, 9.17) is 11.6 Å². The molecule has 3 aromatic rings. The van der Waals surface area contributed by atoms with Gasteiger partial charge in [0.25, 0.3) is 0 Å². The number of nitrogens with one attached hydrogen (secondary N) is 2. The van der Waals surface area contributed by atoms with Crippen molar-refractivity contribution in [1.82, 2.24) is 24.8 Å². The fourth-order valence-corrected chi connectivity index (χ4v) is 2.86. The quantitative estimate of drug-likeness (QED) is 0.612. The second-order valence-corrected chi connectivity index (χ2v) is 6.46. The van der Waals surface area contributed by atoms with Crippen molar-refractivity contribution in [3.63, 3.8) is 0 Å². The van der Waals surface area contributed by atoms with Crippen molar-refractivity contribution in [3.8, 4) is 5.82 Å². The molecule has 140 valence electrons. The van der Waals surface area contributed by atoms with E-state index in [1.165, 1.54) is 0 Å². The Labute approximate surface area is 162 Å². The lowest BCUT2D eigenvalue weighted by Crippen LogP contribution is -2.30. The molecule has 0 saturated carbocycles. The van der Waals surface area contributed by atoms with Gasteiger partial charge in [0, 0.05) is 36.6 Å². The number of nitrogens with zero attached hydrogens (tertiary/aromatic N) is 4. The number of hydrogen-bond acceptors (Lipinski definition) is 5. The molecule has 7 nitrogen and oxygen atoms in total. The van der Waals surface area contributed by atoms with Gasteiger partial charge in [0.2, 0.25) is 5.91 Å². The Morgan fingerprint density at radius 3 is 2.74 bits per heavy atom. The van der Waals surface area contributed by atoms with E-state index in [0.717, 1.165) is 17.2 Å². The first-order chi connectivity index (χ1) is 13.0. The molecular weight excluding hydrogens is 364 g/mol. The van der Waals surface area contributed by atoms with Crippen molar-refractivity contribution in [1.29, 1.82) is 0 Å². The van der Waals surface area contributed by atoms with Crippen molar-refractivity contribution in [2.75, 3.05) is 18.4 Å². The molecule has 3 rings (SSSR count). The van der Waals surface area contributed by atoms with Crippen LogP contribution in [0.15, 0.2) is 42.7 Å². The van der Waals surface area contributed by atoms with Gasteiger partial charge in [0.1, 0.15) is 23.3 Å². The largest absolute Gasteiger partial charge is 0.368 e. The molecule has 0 unspecified atom stereocenters. The summed E-state index contributed by atoms with van der Waals surface area (Å²) in [6.07, 6.45) is 3.85. The number of carbonyl (C=O) groups excluding carboxylic acids is 1. The van der Waals surface area contributed by atoms with Crippen LogP contribution in [0.25, 0.3) is 5.82 Å². The van der Waals surface area contributed by atoms with E-state index in [-0.39, 0.29) is 12.3 Å². The van der Waals surface area contributed by atoms with E-state index in [1.807, 2.05) is 48.9 Å². The average Bonchev–Trinajstić information content (AvgIpc) is 3.06. The van der Waals surface area contributed by atoms with Gasteiger partial charge in [-0.3, -0.25) is 9.36 Å². The number of halogens is 1. The maximum atomic E-state index is 12.0. The predicted molar refractivity (Wildman–Crippen MR) is 105 cm³/mol. The summed E-state index contributed by atoms with van der Waals surface area (Å²) in [4.78, 5) is 25.1. The van der Waals surface area contributed by atoms with E-state index >= 15 is 0 Å². The molecule has 0 saturated heterocycles. The van der Waals surface area contributed by atoms with Crippen LogP contribution in [-0.4, -0.2) is 38.5 Å². The number of aromatic nitrogens is 4. The van der Waals surface area contributed by atoms with E-state index in [0.29, 0.717) is 29.8 Å². The summed E-state index contributed by atoms with van der Waals surface area (Å²) in [6, 6.07) is 9.20. The van der Waals surface area contributed by atoms with Gasteiger partial charge in [-0.2, -0.15) is 0 Å². The summed E-state index contributed by atoms with van der Waals surface area (Å²) < 4.78 is 1.89. The van der Waals surface area contributed by atoms with E-state index in [1.54, 1.807) is 12.3 Å². The summed E-state index contributed by atoms with van der Waals surface area (Å²) in [7, 11) is 0. The third-order valence-corrected chi connectivity index (χ3v) is 4.33. The SMILES string of the molecule is Cc1nc(NCCNC(=O)Cc2ccccc2Cl)cc(-n2ccnc2C)n1. The Morgan fingerprint density at radius 1 is 1.19 bits per heavy atom. The van der Waals surface area contributed by atoms with Gasteiger partial charge < -0.3 is 10.6 Å². The summed E-state index contributed by atoms with van der Waals surface area (Å²) in [5.41, 5.74) is 0.816. The molecule has 0 aliphatic carbocycles. The highest BCUT2D eigenvalue weighted by atomic mass is 35.5. The maximum Gasteiger partial charge on any atom is 0.224 e. The lowest BCUT2D eigenvalue weighted by molar-refractivity contribution is -0.120. The molecule has 0 spiro atoms. The molecule has 2 aromatic heterocycles. The number of amides is 1. The van der Waals surface area contributed by atoms with Crippen molar-refractivity contribution in [3.05, 3.63) is 65.0 Å². The number of hydrogen-bond donors (Lipinski definition) is 2. The van der Waals surface area contributed by atoms with Gasteiger partial charge >= 0.3 is 0 Å². The second-order valence-electron chi connectivity index (χ2n) is 6.05. The molecular formula is C19H21ClN6O. The van der Waals surface area contributed by atoms with Crippen LogP contribution in [0.4, 0.5) is 5.82 Å². The second kappa shape index (κ2) is 8.64. The van der Waals surface area contributed by atoms with E-state index in [2.05, 4.69) is 25.6 Å². The molecule has 0 aliphatic heterocycles. The molecule has 8 heteroatoms. The molecule has 0 fully saturated rings. The standard InChI is InChI=1S/C19H21ClN6O/c1-13-24-17(12-18(25-13)26-10-9-21-14(26)2)22-7-8-23-19(27)11-15-5-3-4-6-16(15)20/h3-6,9-10,12H,7-8,11H2,1-2H3,(H,23,27)(H,22,24,25). The Balaban J connectivity index is 1.52. The highest BCUT2D eigenvalue weighted by Crippen LogP contribution is 2.15. The molecule has 0 bridgehead atoms. The van der Waals surface area contributed by atoms with Crippen molar-refractivity contribution >= 4 is 23.3 Å². The van der Waals surface area contributed by atoms with Crippen molar-refractivity contribution in [2.24, 2.45) is 0 Å². The van der Waals surface area contributed by atoms with Crippen molar-refractivity contribution in [2.45, 2.75) is 20.3 Å². The first kappa shape index (κ1) is 18.8. The lowest BCUT2D eigenvalue weighted by atomic mass is 10.1. The third-order valence-electron chi connectivity index (χ3n) is 3.96. The first-order valence-corrected chi connectivity index (χ1v) is 9.00. The molecule has 2 heterocycles. The highest BCUT2D eigenvalue weighted by molar-refractivity contribution is 6.31. The zero-order valence-corrected chi connectivity index (χ0v) is 16.0. The molecule has 1 amide bonds. The monoisotopic (exact) mass is 384 g/mol. The van der Waals surface area contributed by atoms with Crippen LogP contribution >= 0.6 is 11.6 Å². The number of aryl methyl sites for hydroxylation is 2. The number of imidazole rings is 1. The predicted octanol–water partition coefficient (Wildman–Crippen LogP) is 2.70. The Kier molecular flexibility index (Phi) is 6.03. The van der Waals surface area contributed by atoms with Crippen LogP contribution in [-0.2, 0) is 11.2 Å². The van der Waals surface area contributed by atoms with Crippen LogP contribution in [0.1, 0.15) is 17.2 Å². The summed E-state index contributed by atoms with van der Waals surface area (Å²) in [5, 5.41) is 6.69. The first-order valence-electron chi connectivity index (χ1n) is 8.63. The van der Waals surface area contributed by atoms with Crippen LogP contribution in [0.2, 0.25) is 5.02 Å². The summed E-state index contributed by atoms with van der Waals surface area (Å²) in [5.74, 6) is 2.89. The smallest absolute Gasteiger partial charge is 0.224 e. The normalized spacial score (nSPS) is 10.6. The minimum atomic E-state index is -0.0708. The fourth-order valence-electron chi connectivity index (χ4n) is 2.66. The van der Waals surface area contributed by atoms with Crippen LogP contribution in [0.5, 0.6) is 0 Å². The number of carbonyl (C=O) groups is 1. The fraction of sp³-hybridized carbons (Fsp3) is 0.263. The number of rotatable bonds is 7. The summed E-state index contributed by atoms with van der Waals surface area (Å²) >= 11 is 6.08. The topological polar surface area (TPSA) is 84.7 Å². The highest BCUT2D eigenvalue weighted by Gasteiger charge is 2.08. The van der Waals surface area contributed by atoms with Crippen LogP contribution < -0.4 is 10.6 Å². The Morgan fingerprint density at radius 2 is 2.00 bits per heavy atom. The lowest BCUT2D eigenvalue weighted by Gasteiger charge is -2.11. The van der Waals surface area contributed by atoms with E-state index < -0.39 is 0 Å². The minimum absolute atomic E-state index is 0.0708. The van der Waals surface area contributed by atoms with Crippen LogP contribution in [0, 0.1) is 13.8 Å². The van der Waals surface area contributed by atoms with Gasteiger partial charge in [0.15, 0.2) is 0 Å². The van der Waals surface area contributed by atoms with Gasteiger partial charge in [-0.25, -0.2) is 15.0 Å². The van der Waals surface area contributed by atoms with Gasteiger partial charge in [-0.15, -0.1) is 0 Å². The number of benzene rings is 1. The zero-order valence-electron chi connectivity index (χ0n) is 15.2. The zero-order chi connectivity index (χ0) is 19.2. The Hall–Kier alpha value is -2.93. The Bertz CT molecular complexity index is 939. The third kappa shape index (κ3) is 5.04. The average molecular weight is 385 g/mol. The molecule has 27 heavy (non-hydrogen) atoms. The molecule has 2 N–H and O–H groups in total. The van der Waals surface area contributed by atoms with Gasteiger partial charge in [-0.1, -0.05) is 29.8 Å².